The van der Waals surface area contributed by atoms with E-state index in [2.05, 4.69) is 16.8 Å². The standard InChI is InChI=1S/C14H18ClN3/c1-3-11(16-2)14-17-12-7-4-9(15)8-13(12)18(14)10-5-6-10/h4,7-8,10-11,16H,3,5-6H2,1-2H3. The van der Waals surface area contributed by atoms with Gasteiger partial charge in [0.25, 0.3) is 0 Å². The average molecular weight is 264 g/mol. The Balaban J connectivity index is 2.20. The van der Waals surface area contributed by atoms with Crippen LogP contribution in [0.4, 0.5) is 0 Å². The molecule has 0 radical (unpaired) electrons. The van der Waals surface area contributed by atoms with E-state index in [0.717, 1.165) is 22.8 Å². The first-order chi connectivity index (χ1) is 8.74. The molecular weight excluding hydrogens is 246 g/mol. The number of halogens is 1. The minimum Gasteiger partial charge on any atom is -0.323 e. The molecule has 0 amide bonds. The van der Waals surface area contributed by atoms with Crippen molar-refractivity contribution in [3.63, 3.8) is 0 Å². The zero-order valence-corrected chi connectivity index (χ0v) is 11.5. The van der Waals surface area contributed by atoms with Crippen LogP contribution in [0.1, 0.15) is 44.1 Å². The number of nitrogens with zero attached hydrogens (tertiary/aromatic N) is 2. The van der Waals surface area contributed by atoms with Crippen molar-refractivity contribution in [1.29, 1.82) is 0 Å². The normalized spacial score (nSPS) is 17.3. The fourth-order valence-electron chi connectivity index (χ4n) is 2.56. The largest absolute Gasteiger partial charge is 0.323 e. The SMILES string of the molecule is CCC(NC)c1nc2ccc(Cl)cc2n1C1CC1. The molecule has 3 nitrogen and oxygen atoms in total. The summed E-state index contributed by atoms with van der Waals surface area (Å²) in [6, 6.07) is 6.90. The first-order valence-corrected chi connectivity index (χ1v) is 6.97. The van der Waals surface area contributed by atoms with Gasteiger partial charge in [0.05, 0.1) is 17.1 Å². The van der Waals surface area contributed by atoms with Crippen molar-refractivity contribution in [2.24, 2.45) is 0 Å². The lowest BCUT2D eigenvalue weighted by molar-refractivity contribution is 0.514. The van der Waals surface area contributed by atoms with E-state index in [1.165, 1.54) is 18.4 Å². The molecule has 4 heteroatoms. The Morgan fingerprint density at radius 1 is 1.50 bits per heavy atom. The van der Waals surface area contributed by atoms with E-state index in [0.29, 0.717) is 12.1 Å². The summed E-state index contributed by atoms with van der Waals surface area (Å²) in [6.07, 6.45) is 3.55. The summed E-state index contributed by atoms with van der Waals surface area (Å²) in [5, 5.41) is 4.14. The Bertz CT molecular complexity index is 568. The molecule has 96 valence electrons. The van der Waals surface area contributed by atoms with Gasteiger partial charge in [-0.25, -0.2) is 4.98 Å². The minimum absolute atomic E-state index is 0.316. The second kappa shape index (κ2) is 4.56. The maximum atomic E-state index is 6.12. The van der Waals surface area contributed by atoms with Crippen LogP contribution in [-0.4, -0.2) is 16.6 Å². The lowest BCUT2D eigenvalue weighted by atomic mass is 10.2. The lowest BCUT2D eigenvalue weighted by Crippen LogP contribution is -2.19. The van der Waals surface area contributed by atoms with Crippen molar-refractivity contribution in [2.75, 3.05) is 7.05 Å². The molecule has 1 unspecified atom stereocenters. The second-order valence-corrected chi connectivity index (χ2v) is 5.39. The molecule has 1 heterocycles. The van der Waals surface area contributed by atoms with Crippen LogP contribution < -0.4 is 5.32 Å². The molecule has 1 atom stereocenters. The number of rotatable bonds is 4. The monoisotopic (exact) mass is 263 g/mol. The van der Waals surface area contributed by atoms with Crippen molar-refractivity contribution in [1.82, 2.24) is 14.9 Å². The zero-order valence-electron chi connectivity index (χ0n) is 10.8. The zero-order chi connectivity index (χ0) is 12.7. The molecule has 1 saturated carbocycles. The summed E-state index contributed by atoms with van der Waals surface area (Å²) < 4.78 is 2.38. The Morgan fingerprint density at radius 3 is 2.89 bits per heavy atom. The van der Waals surface area contributed by atoms with E-state index in [-0.39, 0.29) is 0 Å². The molecule has 1 aromatic heterocycles. The summed E-state index contributed by atoms with van der Waals surface area (Å²) in [5.74, 6) is 1.15. The molecule has 1 aromatic carbocycles. The third-order valence-corrected chi connectivity index (χ3v) is 3.89. The highest BCUT2D eigenvalue weighted by Crippen LogP contribution is 2.40. The van der Waals surface area contributed by atoms with Gasteiger partial charge in [-0.05, 0) is 44.5 Å². The van der Waals surface area contributed by atoms with Gasteiger partial charge >= 0.3 is 0 Å². The molecule has 18 heavy (non-hydrogen) atoms. The van der Waals surface area contributed by atoms with Gasteiger partial charge < -0.3 is 9.88 Å². The van der Waals surface area contributed by atoms with Crippen molar-refractivity contribution in [2.45, 2.75) is 38.3 Å². The van der Waals surface area contributed by atoms with E-state index in [1.54, 1.807) is 0 Å². The van der Waals surface area contributed by atoms with E-state index in [1.807, 2.05) is 25.2 Å². The van der Waals surface area contributed by atoms with Crippen LogP contribution in [0.2, 0.25) is 5.02 Å². The Labute approximate surface area is 112 Å². The number of hydrogen-bond acceptors (Lipinski definition) is 2. The Kier molecular flexibility index (Phi) is 3.04. The number of benzene rings is 1. The third kappa shape index (κ3) is 1.91. The summed E-state index contributed by atoms with van der Waals surface area (Å²) in [7, 11) is 2.00. The molecule has 2 aromatic rings. The predicted octanol–water partition coefficient (Wildman–Crippen LogP) is 3.70. The van der Waals surface area contributed by atoms with E-state index in [4.69, 9.17) is 16.6 Å². The molecule has 1 aliphatic carbocycles. The number of nitrogens with one attached hydrogen (secondary N) is 1. The predicted molar refractivity (Wildman–Crippen MR) is 75.1 cm³/mol. The van der Waals surface area contributed by atoms with E-state index in [9.17, 15) is 0 Å². The second-order valence-electron chi connectivity index (χ2n) is 4.95. The fourth-order valence-corrected chi connectivity index (χ4v) is 2.73. The van der Waals surface area contributed by atoms with Crippen molar-refractivity contribution < 1.29 is 0 Å². The molecule has 0 aliphatic heterocycles. The number of imidazole rings is 1. The van der Waals surface area contributed by atoms with E-state index >= 15 is 0 Å². The molecule has 0 bridgehead atoms. The molecule has 1 fully saturated rings. The van der Waals surface area contributed by atoms with Crippen LogP contribution in [0.25, 0.3) is 11.0 Å². The summed E-state index contributed by atoms with van der Waals surface area (Å²) in [6.45, 7) is 2.19. The van der Waals surface area contributed by atoms with Crippen LogP contribution in [0.3, 0.4) is 0 Å². The molecular formula is C14H18ClN3. The summed E-state index contributed by atoms with van der Waals surface area (Å²) in [5.41, 5.74) is 2.23. The first kappa shape index (κ1) is 12.0. The van der Waals surface area contributed by atoms with Crippen LogP contribution in [0.15, 0.2) is 18.2 Å². The topological polar surface area (TPSA) is 29.9 Å². The minimum atomic E-state index is 0.316. The van der Waals surface area contributed by atoms with Gasteiger partial charge in [-0.2, -0.15) is 0 Å². The van der Waals surface area contributed by atoms with Gasteiger partial charge in [0.15, 0.2) is 0 Å². The highest BCUT2D eigenvalue weighted by Gasteiger charge is 2.30. The first-order valence-electron chi connectivity index (χ1n) is 6.59. The quantitative estimate of drug-likeness (QED) is 0.912. The average Bonchev–Trinajstić information content (AvgIpc) is 3.13. The molecule has 3 rings (SSSR count). The maximum Gasteiger partial charge on any atom is 0.127 e. The van der Waals surface area contributed by atoms with Crippen LogP contribution in [0.5, 0.6) is 0 Å². The van der Waals surface area contributed by atoms with Crippen molar-refractivity contribution in [3.8, 4) is 0 Å². The number of aromatic nitrogens is 2. The molecule has 1 aliphatic rings. The Morgan fingerprint density at radius 2 is 2.28 bits per heavy atom. The molecule has 1 N–H and O–H groups in total. The van der Waals surface area contributed by atoms with Gasteiger partial charge in [-0.15, -0.1) is 0 Å². The summed E-state index contributed by atoms with van der Waals surface area (Å²) >= 11 is 6.12. The van der Waals surface area contributed by atoms with Gasteiger partial charge in [0.1, 0.15) is 5.82 Å². The van der Waals surface area contributed by atoms with Crippen LogP contribution >= 0.6 is 11.6 Å². The highest BCUT2D eigenvalue weighted by atomic mass is 35.5. The maximum absolute atomic E-state index is 6.12. The van der Waals surface area contributed by atoms with Gasteiger partial charge in [-0.3, -0.25) is 0 Å². The van der Waals surface area contributed by atoms with Crippen LogP contribution in [-0.2, 0) is 0 Å². The smallest absolute Gasteiger partial charge is 0.127 e. The third-order valence-electron chi connectivity index (χ3n) is 3.66. The van der Waals surface area contributed by atoms with E-state index < -0.39 is 0 Å². The van der Waals surface area contributed by atoms with Gasteiger partial charge in [0.2, 0.25) is 0 Å². The number of hydrogen-bond donors (Lipinski definition) is 1. The highest BCUT2D eigenvalue weighted by molar-refractivity contribution is 6.31. The van der Waals surface area contributed by atoms with Crippen molar-refractivity contribution >= 4 is 22.6 Å². The Hall–Kier alpha value is -1.06. The van der Waals surface area contributed by atoms with Crippen molar-refractivity contribution in [3.05, 3.63) is 29.0 Å². The lowest BCUT2D eigenvalue weighted by Gasteiger charge is -2.16. The fraction of sp³-hybridized carbons (Fsp3) is 0.500. The van der Waals surface area contributed by atoms with Gasteiger partial charge in [0, 0.05) is 11.1 Å². The number of fused-ring (bicyclic) bond motifs is 1. The van der Waals surface area contributed by atoms with Crippen LogP contribution in [0, 0.1) is 0 Å². The molecule has 0 saturated heterocycles. The molecule has 0 spiro atoms. The summed E-state index contributed by atoms with van der Waals surface area (Å²) in [4.78, 5) is 4.80. The van der Waals surface area contributed by atoms with Gasteiger partial charge in [-0.1, -0.05) is 18.5 Å².